The van der Waals surface area contributed by atoms with Crippen molar-refractivity contribution in [3.63, 3.8) is 0 Å². The molecule has 1 rings (SSSR count). The van der Waals surface area contributed by atoms with Crippen LogP contribution in [-0.4, -0.2) is 34.8 Å². The Kier molecular flexibility index (Phi) is 9.11. The monoisotopic (exact) mass is 367 g/mol. The number of aromatic nitrogens is 1. The number of nitrogens with one attached hydrogen (secondary N) is 1. The second kappa shape index (κ2) is 10.5. The van der Waals surface area contributed by atoms with Gasteiger partial charge in [-0.15, -0.1) is 11.3 Å². The third kappa shape index (κ3) is 9.58. The van der Waals surface area contributed by atoms with E-state index in [2.05, 4.69) is 44.9 Å². The third-order valence-electron chi connectivity index (χ3n) is 3.88. The van der Waals surface area contributed by atoms with Crippen molar-refractivity contribution in [2.45, 2.75) is 66.7 Å². The van der Waals surface area contributed by atoms with Gasteiger partial charge < -0.3 is 10.2 Å². The molecule has 0 saturated carbocycles. The Labute approximate surface area is 156 Å². The van der Waals surface area contributed by atoms with Crippen molar-refractivity contribution in [3.05, 3.63) is 11.6 Å². The van der Waals surface area contributed by atoms with Gasteiger partial charge >= 0.3 is 0 Å². The first-order chi connectivity index (χ1) is 11.7. The van der Waals surface area contributed by atoms with Crippen LogP contribution in [0, 0.1) is 11.3 Å². The van der Waals surface area contributed by atoms with Crippen molar-refractivity contribution < 1.29 is 9.59 Å². The lowest BCUT2D eigenvalue weighted by Gasteiger charge is -2.26. The van der Waals surface area contributed by atoms with Crippen LogP contribution in [0.15, 0.2) is 11.6 Å². The number of thiazole rings is 1. The van der Waals surface area contributed by atoms with Crippen molar-refractivity contribution >= 4 is 28.3 Å². The zero-order chi connectivity index (χ0) is 18.9. The molecule has 0 aliphatic rings. The second-order valence-corrected chi connectivity index (χ2v) is 8.88. The van der Waals surface area contributed by atoms with E-state index >= 15 is 0 Å². The molecule has 1 N–H and O–H groups in total. The van der Waals surface area contributed by atoms with Gasteiger partial charge in [0.05, 0.1) is 6.54 Å². The predicted molar refractivity (Wildman–Crippen MR) is 105 cm³/mol. The summed E-state index contributed by atoms with van der Waals surface area (Å²) in [7, 11) is 0. The minimum Gasteiger partial charge on any atom is -0.333 e. The fourth-order valence-electron chi connectivity index (χ4n) is 3.01. The standard InChI is InChI=1S/C19H33N3O2S/c1-6-7-8-10-22(14-16(23)21-18-20-9-11-25-18)17(24)12-15(2)13-19(3,4)5/h9,11,15H,6-8,10,12-14H2,1-5H3,(H,20,21,23). The molecule has 1 heterocycles. The normalized spacial score (nSPS) is 12.7. The Bertz CT molecular complexity index is 523. The largest absolute Gasteiger partial charge is 0.333 e. The summed E-state index contributed by atoms with van der Waals surface area (Å²) in [6.07, 6.45) is 6.23. The molecular formula is C19H33N3O2S. The Morgan fingerprint density at radius 3 is 2.60 bits per heavy atom. The molecule has 0 spiro atoms. The minimum absolute atomic E-state index is 0.0714. The Morgan fingerprint density at radius 1 is 1.32 bits per heavy atom. The van der Waals surface area contributed by atoms with E-state index < -0.39 is 0 Å². The van der Waals surface area contributed by atoms with Crippen molar-refractivity contribution in [1.29, 1.82) is 0 Å². The number of carbonyl (C=O) groups excluding carboxylic acids is 2. The lowest BCUT2D eigenvalue weighted by Crippen LogP contribution is -2.39. The van der Waals surface area contributed by atoms with E-state index in [-0.39, 0.29) is 23.8 Å². The molecule has 0 fully saturated rings. The van der Waals surface area contributed by atoms with Crippen LogP contribution < -0.4 is 5.32 Å². The quantitative estimate of drug-likeness (QED) is 0.617. The van der Waals surface area contributed by atoms with Crippen LogP contribution in [0.25, 0.3) is 0 Å². The number of nitrogens with zero attached hydrogens (tertiary/aromatic N) is 2. The lowest BCUT2D eigenvalue weighted by molar-refractivity contribution is -0.135. The van der Waals surface area contributed by atoms with Gasteiger partial charge in [0.25, 0.3) is 0 Å². The fraction of sp³-hybridized carbons (Fsp3) is 0.737. The van der Waals surface area contributed by atoms with Crippen LogP contribution in [0.1, 0.15) is 66.7 Å². The number of unbranched alkanes of at least 4 members (excludes halogenated alkanes) is 2. The first-order valence-corrected chi connectivity index (χ1v) is 10.1. The summed E-state index contributed by atoms with van der Waals surface area (Å²) in [6, 6.07) is 0. The predicted octanol–water partition coefficient (Wildman–Crippen LogP) is 4.56. The number of anilines is 1. The van der Waals surface area contributed by atoms with Crippen LogP contribution in [0.3, 0.4) is 0 Å². The summed E-state index contributed by atoms with van der Waals surface area (Å²) in [4.78, 5) is 30.7. The van der Waals surface area contributed by atoms with Crippen LogP contribution in [0.2, 0.25) is 0 Å². The van der Waals surface area contributed by atoms with E-state index in [1.807, 2.05) is 5.38 Å². The van der Waals surface area contributed by atoms with Gasteiger partial charge in [0, 0.05) is 24.5 Å². The summed E-state index contributed by atoms with van der Waals surface area (Å²) in [6.45, 7) is 11.6. The zero-order valence-corrected chi connectivity index (χ0v) is 17.1. The van der Waals surface area contributed by atoms with Gasteiger partial charge in [0.2, 0.25) is 11.8 Å². The topological polar surface area (TPSA) is 62.3 Å². The van der Waals surface area contributed by atoms with Gasteiger partial charge in [0.15, 0.2) is 5.13 Å². The molecule has 142 valence electrons. The van der Waals surface area contributed by atoms with Crippen LogP contribution >= 0.6 is 11.3 Å². The highest BCUT2D eigenvalue weighted by Gasteiger charge is 2.22. The summed E-state index contributed by atoms with van der Waals surface area (Å²) < 4.78 is 0. The van der Waals surface area contributed by atoms with Crippen molar-refractivity contribution in [1.82, 2.24) is 9.88 Å². The van der Waals surface area contributed by atoms with Crippen LogP contribution in [0.4, 0.5) is 5.13 Å². The van der Waals surface area contributed by atoms with Gasteiger partial charge in [-0.05, 0) is 24.2 Å². The maximum atomic E-state index is 12.7. The Hall–Kier alpha value is -1.43. The number of rotatable bonds is 10. The lowest BCUT2D eigenvalue weighted by atomic mass is 9.84. The molecule has 0 radical (unpaired) electrons. The van der Waals surface area contributed by atoms with Gasteiger partial charge in [-0.3, -0.25) is 9.59 Å². The highest BCUT2D eigenvalue weighted by molar-refractivity contribution is 7.13. The molecule has 0 aromatic carbocycles. The van der Waals surface area contributed by atoms with E-state index in [4.69, 9.17) is 0 Å². The molecule has 0 saturated heterocycles. The van der Waals surface area contributed by atoms with Gasteiger partial charge in [-0.1, -0.05) is 47.5 Å². The maximum Gasteiger partial charge on any atom is 0.245 e. The van der Waals surface area contributed by atoms with Gasteiger partial charge in [0.1, 0.15) is 0 Å². The van der Waals surface area contributed by atoms with Gasteiger partial charge in [-0.2, -0.15) is 0 Å². The number of hydrogen-bond acceptors (Lipinski definition) is 4. The summed E-state index contributed by atoms with van der Waals surface area (Å²) >= 11 is 1.38. The van der Waals surface area contributed by atoms with E-state index in [1.54, 1.807) is 11.1 Å². The summed E-state index contributed by atoms with van der Waals surface area (Å²) in [5.41, 5.74) is 0.203. The molecule has 1 unspecified atom stereocenters. The molecule has 0 aliphatic carbocycles. The van der Waals surface area contributed by atoms with Crippen LogP contribution in [-0.2, 0) is 9.59 Å². The third-order valence-corrected chi connectivity index (χ3v) is 4.57. The van der Waals surface area contributed by atoms with Crippen LogP contribution in [0.5, 0.6) is 0 Å². The molecule has 2 amide bonds. The molecule has 6 heteroatoms. The first kappa shape index (κ1) is 21.6. The minimum atomic E-state index is -0.178. The molecule has 25 heavy (non-hydrogen) atoms. The Balaban J connectivity index is 2.60. The number of hydrogen-bond donors (Lipinski definition) is 1. The molecule has 0 aliphatic heterocycles. The van der Waals surface area contributed by atoms with E-state index in [1.165, 1.54) is 11.3 Å². The average Bonchev–Trinajstić information content (AvgIpc) is 2.97. The zero-order valence-electron chi connectivity index (χ0n) is 16.3. The molecule has 5 nitrogen and oxygen atoms in total. The van der Waals surface area contributed by atoms with Crippen molar-refractivity contribution in [3.8, 4) is 0 Å². The SMILES string of the molecule is CCCCCN(CC(=O)Nc1nccs1)C(=O)CC(C)CC(C)(C)C. The number of amides is 2. The summed E-state index contributed by atoms with van der Waals surface area (Å²) in [5.74, 6) is 0.202. The number of carbonyl (C=O) groups is 2. The van der Waals surface area contributed by atoms with E-state index in [0.29, 0.717) is 24.0 Å². The van der Waals surface area contributed by atoms with Crippen molar-refractivity contribution in [2.24, 2.45) is 11.3 Å². The van der Waals surface area contributed by atoms with Crippen molar-refractivity contribution in [2.75, 3.05) is 18.4 Å². The second-order valence-electron chi connectivity index (χ2n) is 7.98. The highest BCUT2D eigenvalue weighted by Crippen LogP contribution is 2.26. The highest BCUT2D eigenvalue weighted by atomic mass is 32.1. The molecule has 0 bridgehead atoms. The smallest absolute Gasteiger partial charge is 0.245 e. The van der Waals surface area contributed by atoms with E-state index in [0.717, 1.165) is 25.7 Å². The first-order valence-electron chi connectivity index (χ1n) is 9.18. The molecule has 1 atom stereocenters. The fourth-order valence-corrected chi connectivity index (χ4v) is 3.55. The maximum absolute atomic E-state index is 12.7. The van der Waals surface area contributed by atoms with Gasteiger partial charge in [-0.25, -0.2) is 4.98 Å². The molecule has 1 aromatic heterocycles. The van der Waals surface area contributed by atoms with E-state index in [9.17, 15) is 9.59 Å². The molecule has 1 aromatic rings. The average molecular weight is 368 g/mol. The Morgan fingerprint density at radius 2 is 2.04 bits per heavy atom. The molecular weight excluding hydrogens is 334 g/mol. The summed E-state index contributed by atoms with van der Waals surface area (Å²) in [5, 5.41) is 5.15.